The minimum absolute atomic E-state index is 0.262. The van der Waals surface area contributed by atoms with Gasteiger partial charge in [-0.05, 0) is 12.5 Å². The van der Waals surface area contributed by atoms with E-state index in [1.807, 2.05) is 6.07 Å². The minimum atomic E-state index is -0.262. The highest BCUT2D eigenvalue weighted by atomic mass is 19.1. The third-order valence-corrected chi connectivity index (χ3v) is 3.24. The molecule has 0 aliphatic rings. The fourth-order valence-corrected chi connectivity index (χ4v) is 2.05. The molecular weight excluding hydrogens is 253 g/mol. The first-order chi connectivity index (χ1) is 9.65. The summed E-state index contributed by atoms with van der Waals surface area (Å²) in [4.78, 5) is 0. The second-order valence-corrected chi connectivity index (χ2v) is 5.53. The second-order valence-electron chi connectivity index (χ2n) is 5.53. The molecule has 0 radical (unpaired) electrons. The third-order valence-electron chi connectivity index (χ3n) is 3.24. The lowest BCUT2D eigenvalue weighted by atomic mass is 10.1. The van der Waals surface area contributed by atoms with E-state index in [2.05, 4.69) is 26.1 Å². The Hall–Kier alpha value is -1.09. The lowest BCUT2D eigenvalue weighted by Gasteiger charge is -2.14. The number of rotatable bonds is 10. The topological polar surface area (TPSA) is 21.3 Å². The number of benzene rings is 1. The minimum Gasteiger partial charge on any atom is -0.490 e. The van der Waals surface area contributed by atoms with Crippen molar-refractivity contribution in [1.82, 2.24) is 5.32 Å². The summed E-state index contributed by atoms with van der Waals surface area (Å²) in [5.41, 5.74) is 0.896. The Kier molecular flexibility index (Phi) is 8.28. The van der Waals surface area contributed by atoms with Crippen molar-refractivity contribution in [3.63, 3.8) is 0 Å². The van der Waals surface area contributed by atoms with Crippen LogP contribution in [0.3, 0.4) is 0 Å². The van der Waals surface area contributed by atoms with Gasteiger partial charge in [0.1, 0.15) is 0 Å². The van der Waals surface area contributed by atoms with Crippen molar-refractivity contribution in [2.45, 2.75) is 65.5 Å². The first kappa shape index (κ1) is 17.0. The van der Waals surface area contributed by atoms with Gasteiger partial charge in [0.15, 0.2) is 11.6 Å². The molecule has 114 valence electrons. The third kappa shape index (κ3) is 6.38. The zero-order valence-corrected chi connectivity index (χ0v) is 13.0. The van der Waals surface area contributed by atoms with Gasteiger partial charge in [0, 0.05) is 18.2 Å². The maximum atomic E-state index is 13.9. The Morgan fingerprint density at radius 2 is 1.90 bits per heavy atom. The molecule has 0 bridgehead atoms. The molecule has 1 aromatic rings. The summed E-state index contributed by atoms with van der Waals surface area (Å²) in [6.07, 6.45) is 5.88. The van der Waals surface area contributed by atoms with E-state index in [9.17, 15) is 4.39 Å². The smallest absolute Gasteiger partial charge is 0.165 e. The van der Waals surface area contributed by atoms with Crippen molar-refractivity contribution in [2.75, 3.05) is 6.61 Å². The monoisotopic (exact) mass is 281 g/mol. The van der Waals surface area contributed by atoms with Crippen LogP contribution in [-0.4, -0.2) is 12.6 Å². The molecule has 1 aromatic carbocycles. The summed E-state index contributed by atoms with van der Waals surface area (Å²) >= 11 is 0. The molecule has 0 amide bonds. The second kappa shape index (κ2) is 9.76. The van der Waals surface area contributed by atoms with Crippen molar-refractivity contribution in [2.24, 2.45) is 0 Å². The van der Waals surface area contributed by atoms with Gasteiger partial charge in [-0.25, -0.2) is 4.39 Å². The van der Waals surface area contributed by atoms with Crippen LogP contribution in [0.1, 0.15) is 58.4 Å². The van der Waals surface area contributed by atoms with Crippen LogP contribution in [0, 0.1) is 5.82 Å². The maximum Gasteiger partial charge on any atom is 0.165 e. The molecule has 1 N–H and O–H groups in total. The van der Waals surface area contributed by atoms with Gasteiger partial charge in [0.2, 0.25) is 0 Å². The van der Waals surface area contributed by atoms with Gasteiger partial charge in [-0.15, -0.1) is 0 Å². The zero-order valence-electron chi connectivity index (χ0n) is 13.0. The molecule has 0 saturated carbocycles. The summed E-state index contributed by atoms with van der Waals surface area (Å²) in [7, 11) is 0. The molecule has 3 heteroatoms. The van der Waals surface area contributed by atoms with Crippen molar-refractivity contribution in [1.29, 1.82) is 0 Å². The van der Waals surface area contributed by atoms with E-state index in [0.29, 0.717) is 24.9 Å². The summed E-state index contributed by atoms with van der Waals surface area (Å²) in [6.45, 7) is 7.59. The molecule has 0 saturated heterocycles. The van der Waals surface area contributed by atoms with Crippen LogP contribution in [0.2, 0.25) is 0 Å². The summed E-state index contributed by atoms with van der Waals surface area (Å²) in [5, 5.41) is 3.30. The summed E-state index contributed by atoms with van der Waals surface area (Å²) in [5.74, 6) is 0.151. The normalized spacial score (nSPS) is 11.1. The predicted octanol–water partition coefficient (Wildman–Crippen LogP) is 4.67. The van der Waals surface area contributed by atoms with Gasteiger partial charge in [0.05, 0.1) is 6.61 Å². The van der Waals surface area contributed by atoms with E-state index in [4.69, 9.17) is 4.74 Å². The number of ether oxygens (including phenoxy) is 1. The summed E-state index contributed by atoms with van der Waals surface area (Å²) in [6, 6.07) is 5.50. The van der Waals surface area contributed by atoms with E-state index in [0.717, 1.165) is 18.4 Å². The van der Waals surface area contributed by atoms with Crippen molar-refractivity contribution < 1.29 is 9.13 Å². The van der Waals surface area contributed by atoms with Gasteiger partial charge in [-0.2, -0.15) is 0 Å². The number of unbranched alkanes of at least 4 members (excludes halogenated alkanes) is 4. The highest BCUT2D eigenvalue weighted by Crippen LogP contribution is 2.23. The van der Waals surface area contributed by atoms with Crippen LogP contribution < -0.4 is 10.1 Å². The molecule has 20 heavy (non-hydrogen) atoms. The fraction of sp³-hybridized carbons (Fsp3) is 0.647. The van der Waals surface area contributed by atoms with Gasteiger partial charge in [-0.1, -0.05) is 58.6 Å². The maximum absolute atomic E-state index is 13.9. The first-order valence-corrected chi connectivity index (χ1v) is 7.78. The SMILES string of the molecule is CCCCCCCOc1c(F)cccc1CNC(C)C. The number of hydrogen-bond donors (Lipinski definition) is 1. The van der Waals surface area contributed by atoms with Gasteiger partial charge in [0.25, 0.3) is 0 Å². The molecule has 0 atom stereocenters. The number of hydrogen-bond acceptors (Lipinski definition) is 2. The van der Waals surface area contributed by atoms with Crippen LogP contribution >= 0.6 is 0 Å². The van der Waals surface area contributed by atoms with Gasteiger partial charge < -0.3 is 10.1 Å². The Balaban J connectivity index is 2.46. The molecule has 0 unspecified atom stereocenters. The van der Waals surface area contributed by atoms with Crippen molar-refractivity contribution in [3.05, 3.63) is 29.6 Å². The van der Waals surface area contributed by atoms with Gasteiger partial charge >= 0.3 is 0 Å². The molecule has 2 nitrogen and oxygen atoms in total. The highest BCUT2D eigenvalue weighted by Gasteiger charge is 2.09. The number of para-hydroxylation sites is 1. The van der Waals surface area contributed by atoms with Gasteiger partial charge in [-0.3, -0.25) is 0 Å². The molecule has 0 fully saturated rings. The highest BCUT2D eigenvalue weighted by molar-refractivity contribution is 5.34. The van der Waals surface area contributed by atoms with E-state index >= 15 is 0 Å². The molecular formula is C17H28FNO. The zero-order chi connectivity index (χ0) is 14.8. The van der Waals surface area contributed by atoms with Crippen LogP contribution in [0.15, 0.2) is 18.2 Å². The Bertz CT molecular complexity index is 379. The number of halogens is 1. The molecule has 0 spiro atoms. The summed E-state index contributed by atoms with van der Waals surface area (Å²) < 4.78 is 19.5. The Labute approximate surface area is 122 Å². The van der Waals surface area contributed by atoms with Crippen LogP contribution in [0.4, 0.5) is 4.39 Å². The van der Waals surface area contributed by atoms with Crippen LogP contribution in [-0.2, 0) is 6.54 Å². The largest absolute Gasteiger partial charge is 0.490 e. The first-order valence-electron chi connectivity index (χ1n) is 7.78. The van der Waals surface area contributed by atoms with E-state index in [1.54, 1.807) is 6.07 Å². The Morgan fingerprint density at radius 3 is 2.60 bits per heavy atom. The molecule has 1 rings (SSSR count). The van der Waals surface area contributed by atoms with Crippen LogP contribution in [0.25, 0.3) is 0 Å². The van der Waals surface area contributed by atoms with E-state index in [1.165, 1.54) is 25.3 Å². The number of nitrogens with one attached hydrogen (secondary N) is 1. The van der Waals surface area contributed by atoms with E-state index < -0.39 is 0 Å². The van der Waals surface area contributed by atoms with Crippen molar-refractivity contribution in [3.8, 4) is 5.75 Å². The molecule has 0 heterocycles. The molecule has 0 aliphatic heterocycles. The van der Waals surface area contributed by atoms with E-state index in [-0.39, 0.29) is 5.82 Å². The predicted molar refractivity (Wildman–Crippen MR) is 82.6 cm³/mol. The quantitative estimate of drug-likeness (QED) is 0.629. The van der Waals surface area contributed by atoms with Crippen LogP contribution in [0.5, 0.6) is 5.75 Å². The molecule has 0 aliphatic carbocycles. The lowest BCUT2D eigenvalue weighted by molar-refractivity contribution is 0.286. The fourth-order valence-electron chi connectivity index (χ4n) is 2.05. The lowest BCUT2D eigenvalue weighted by Crippen LogP contribution is -2.22. The average Bonchev–Trinajstić information content (AvgIpc) is 2.42. The standard InChI is InChI=1S/C17H28FNO/c1-4-5-6-7-8-12-20-17-15(13-19-14(2)3)10-9-11-16(17)18/h9-11,14,19H,4-8,12-13H2,1-3H3. The van der Waals surface area contributed by atoms with Crippen molar-refractivity contribution >= 4 is 0 Å². The average molecular weight is 281 g/mol. The Morgan fingerprint density at radius 1 is 1.15 bits per heavy atom. The molecule has 0 aromatic heterocycles.